The van der Waals surface area contributed by atoms with Gasteiger partial charge in [0.05, 0.1) is 19.6 Å². The minimum atomic E-state index is -4.73. The average molecular weight is 305 g/mol. The summed E-state index contributed by atoms with van der Waals surface area (Å²) in [5.41, 5.74) is 1.84. The van der Waals surface area contributed by atoms with E-state index in [-0.39, 0.29) is 13.0 Å². The van der Waals surface area contributed by atoms with E-state index in [9.17, 15) is 18.0 Å². The zero-order chi connectivity index (χ0) is 16.0. The van der Waals surface area contributed by atoms with Gasteiger partial charge in [-0.15, -0.1) is 0 Å². The number of nitrogens with one attached hydrogen (secondary N) is 1. The molecule has 118 valence electrons. The molecule has 1 atom stereocenters. The zero-order valence-electron chi connectivity index (χ0n) is 11.8. The van der Waals surface area contributed by atoms with Crippen molar-refractivity contribution in [3.63, 3.8) is 0 Å². The van der Waals surface area contributed by atoms with Crippen molar-refractivity contribution in [2.75, 3.05) is 13.2 Å². The molecular formula is C14H18F3NO3. The molecule has 1 amide bonds. The van der Waals surface area contributed by atoms with Crippen molar-refractivity contribution in [2.45, 2.75) is 32.5 Å². The van der Waals surface area contributed by atoms with Gasteiger partial charge in [0.1, 0.15) is 5.75 Å². The van der Waals surface area contributed by atoms with Gasteiger partial charge in [-0.25, -0.2) is 0 Å². The van der Waals surface area contributed by atoms with Crippen LogP contribution in [0.5, 0.6) is 5.75 Å². The van der Waals surface area contributed by atoms with E-state index in [1.165, 1.54) is 0 Å². The molecule has 0 radical (unpaired) electrons. The second-order valence-electron chi connectivity index (χ2n) is 4.68. The highest BCUT2D eigenvalue weighted by Crippen LogP contribution is 2.22. The molecule has 1 unspecified atom stereocenters. The number of amides is 1. The van der Waals surface area contributed by atoms with Crippen molar-refractivity contribution in [2.24, 2.45) is 0 Å². The van der Waals surface area contributed by atoms with Crippen molar-refractivity contribution in [3.05, 3.63) is 29.3 Å². The molecule has 0 aromatic heterocycles. The maximum atomic E-state index is 12.0. The number of hydrogen-bond acceptors (Lipinski definition) is 3. The summed E-state index contributed by atoms with van der Waals surface area (Å²) in [5.74, 6) is 0.0603. The summed E-state index contributed by atoms with van der Waals surface area (Å²) in [5, 5.41) is 10.8. The van der Waals surface area contributed by atoms with Crippen LogP contribution in [0.2, 0.25) is 0 Å². The quantitative estimate of drug-likeness (QED) is 0.846. The van der Waals surface area contributed by atoms with Gasteiger partial charge in [0, 0.05) is 0 Å². The molecule has 21 heavy (non-hydrogen) atoms. The fourth-order valence-electron chi connectivity index (χ4n) is 1.69. The second kappa shape index (κ2) is 7.31. The molecule has 7 heteroatoms. The summed E-state index contributed by atoms with van der Waals surface area (Å²) in [6.45, 7) is 2.93. The third kappa shape index (κ3) is 5.63. The normalized spacial score (nSPS) is 12.9. The highest BCUT2D eigenvalue weighted by atomic mass is 19.4. The number of para-hydroxylation sites is 1. The topological polar surface area (TPSA) is 58.6 Å². The molecule has 1 aromatic rings. The molecule has 2 N–H and O–H groups in total. The molecule has 0 aliphatic rings. The first-order chi connectivity index (χ1) is 9.71. The summed E-state index contributed by atoms with van der Waals surface area (Å²) >= 11 is 0. The van der Waals surface area contributed by atoms with E-state index in [1.54, 1.807) is 0 Å². The minimum absolute atomic E-state index is 0.0552. The van der Waals surface area contributed by atoms with Crippen LogP contribution in [0.1, 0.15) is 17.5 Å². The van der Waals surface area contributed by atoms with Crippen LogP contribution in [0.15, 0.2) is 18.2 Å². The third-order valence-corrected chi connectivity index (χ3v) is 2.85. The Bertz CT molecular complexity index is 469. The number of benzene rings is 1. The molecular weight excluding hydrogens is 287 g/mol. The number of carbonyl (C=O) groups is 1. The van der Waals surface area contributed by atoms with Gasteiger partial charge in [-0.2, -0.15) is 13.2 Å². The lowest BCUT2D eigenvalue weighted by Gasteiger charge is -2.15. The van der Waals surface area contributed by atoms with E-state index in [0.29, 0.717) is 5.75 Å². The Hall–Kier alpha value is -1.76. The van der Waals surface area contributed by atoms with Crippen LogP contribution in [0.3, 0.4) is 0 Å². The lowest BCUT2D eigenvalue weighted by molar-refractivity contribution is -0.201. The zero-order valence-corrected chi connectivity index (χ0v) is 11.8. The van der Waals surface area contributed by atoms with Crippen molar-refractivity contribution < 1.29 is 27.8 Å². The fraction of sp³-hybridized carbons (Fsp3) is 0.500. The fourth-order valence-corrected chi connectivity index (χ4v) is 1.69. The monoisotopic (exact) mass is 305 g/mol. The van der Waals surface area contributed by atoms with Crippen LogP contribution < -0.4 is 10.1 Å². The van der Waals surface area contributed by atoms with E-state index in [1.807, 2.05) is 37.4 Å². The number of alkyl halides is 3. The van der Waals surface area contributed by atoms with Crippen LogP contribution in [0.25, 0.3) is 0 Å². The second-order valence-corrected chi connectivity index (χ2v) is 4.68. The minimum Gasteiger partial charge on any atom is -0.493 e. The van der Waals surface area contributed by atoms with Crippen LogP contribution in [-0.2, 0) is 4.79 Å². The number of halogens is 3. The van der Waals surface area contributed by atoms with E-state index < -0.39 is 24.7 Å². The van der Waals surface area contributed by atoms with Crippen molar-refractivity contribution in [1.82, 2.24) is 5.32 Å². The Morgan fingerprint density at radius 1 is 1.33 bits per heavy atom. The Labute approximate surface area is 120 Å². The maximum absolute atomic E-state index is 12.0. The Morgan fingerprint density at radius 2 is 1.90 bits per heavy atom. The van der Waals surface area contributed by atoms with E-state index in [0.717, 1.165) is 11.1 Å². The molecule has 0 aliphatic heterocycles. The molecule has 1 rings (SSSR count). The number of aliphatic hydroxyl groups is 1. The highest BCUT2D eigenvalue weighted by Gasteiger charge is 2.38. The van der Waals surface area contributed by atoms with Gasteiger partial charge < -0.3 is 15.2 Å². The summed E-state index contributed by atoms with van der Waals surface area (Å²) in [7, 11) is 0. The number of hydrogen-bond donors (Lipinski definition) is 2. The van der Waals surface area contributed by atoms with Crippen molar-refractivity contribution in [1.29, 1.82) is 0 Å². The number of ether oxygens (including phenoxy) is 1. The summed E-state index contributed by atoms with van der Waals surface area (Å²) < 4.78 is 41.6. The lowest BCUT2D eigenvalue weighted by Crippen LogP contribution is -2.41. The molecule has 0 spiro atoms. The molecule has 0 aliphatic carbocycles. The van der Waals surface area contributed by atoms with E-state index in [4.69, 9.17) is 9.84 Å². The average Bonchev–Trinajstić information content (AvgIpc) is 2.38. The van der Waals surface area contributed by atoms with Gasteiger partial charge in [-0.1, -0.05) is 18.2 Å². The predicted molar refractivity (Wildman–Crippen MR) is 71.1 cm³/mol. The van der Waals surface area contributed by atoms with Crippen molar-refractivity contribution >= 4 is 5.91 Å². The first-order valence-electron chi connectivity index (χ1n) is 6.42. The summed E-state index contributed by atoms with van der Waals surface area (Å²) in [4.78, 5) is 11.4. The lowest BCUT2D eigenvalue weighted by atomic mass is 10.1. The Kier molecular flexibility index (Phi) is 6.02. The Balaban J connectivity index is 2.34. The van der Waals surface area contributed by atoms with Gasteiger partial charge in [-0.05, 0) is 25.0 Å². The molecule has 0 saturated heterocycles. The van der Waals surface area contributed by atoms with Gasteiger partial charge in [0.2, 0.25) is 5.91 Å². The molecule has 4 nitrogen and oxygen atoms in total. The van der Waals surface area contributed by atoms with Crippen LogP contribution in [0.4, 0.5) is 13.2 Å². The highest BCUT2D eigenvalue weighted by molar-refractivity contribution is 5.76. The number of carbonyl (C=O) groups excluding carboxylic acids is 1. The van der Waals surface area contributed by atoms with Crippen LogP contribution >= 0.6 is 0 Å². The van der Waals surface area contributed by atoms with E-state index in [2.05, 4.69) is 0 Å². The first-order valence-corrected chi connectivity index (χ1v) is 6.42. The summed E-state index contributed by atoms with van der Waals surface area (Å²) in [6.07, 6.45) is -7.37. The molecule has 0 heterocycles. The van der Waals surface area contributed by atoms with Crippen molar-refractivity contribution in [3.8, 4) is 5.75 Å². The largest absolute Gasteiger partial charge is 0.493 e. The third-order valence-electron chi connectivity index (χ3n) is 2.85. The number of aliphatic hydroxyl groups excluding tert-OH is 1. The number of rotatable bonds is 6. The molecule has 1 aromatic carbocycles. The smallest absolute Gasteiger partial charge is 0.416 e. The van der Waals surface area contributed by atoms with Crippen LogP contribution in [0, 0.1) is 13.8 Å². The maximum Gasteiger partial charge on any atom is 0.416 e. The summed E-state index contributed by atoms with van der Waals surface area (Å²) in [6, 6.07) is 5.60. The SMILES string of the molecule is Cc1cccc(C)c1OCCC(=O)NCC(O)C(F)(F)F. The standard InChI is InChI=1S/C14H18F3NO3/c1-9-4-3-5-10(2)13(9)21-7-6-12(20)18-8-11(19)14(15,16)17/h3-5,11,19H,6-8H2,1-2H3,(H,18,20). The van der Waals surface area contributed by atoms with Gasteiger partial charge in [0.15, 0.2) is 6.10 Å². The molecule has 0 saturated carbocycles. The predicted octanol–water partition coefficient (Wildman–Crippen LogP) is 2.11. The molecule has 0 bridgehead atoms. The van der Waals surface area contributed by atoms with Gasteiger partial charge in [0.25, 0.3) is 0 Å². The van der Waals surface area contributed by atoms with Gasteiger partial charge >= 0.3 is 6.18 Å². The first kappa shape index (κ1) is 17.3. The van der Waals surface area contributed by atoms with E-state index >= 15 is 0 Å². The number of aryl methyl sites for hydroxylation is 2. The van der Waals surface area contributed by atoms with Gasteiger partial charge in [-0.3, -0.25) is 4.79 Å². The molecule has 0 fully saturated rings. The van der Waals surface area contributed by atoms with Crippen LogP contribution in [-0.4, -0.2) is 36.4 Å². The Morgan fingerprint density at radius 3 is 2.43 bits per heavy atom.